The van der Waals surface area contributed by atoms with E-state index >= 15 is 0 Å². The molecule has 1 atom stereocenters. The van der Waals surface area contributed by atoms with E-state index in [-0.39, 0.29) is 6.04 Å². The van der Waals surface area contributed by atoms with E-state index < -0.39 is 0 Å². The molecule has 2 heterocycles. The Balaban J connectivity index is 2.27. The van der Waals surface area contributed by atoms with Crippen molar-refractivity contribution < 1.29 is 4.74 Å². The van der Waals surface area contributed by atoms with Crippen LogP contribution in [0.25, 0.3) is 0 Å². The lowest BCUT2D eigenvalue weighted by atomic mass is 10.2. The first kappa shape index (κ1) is 12.3. The number of nitrogens with one attached hydrogen (secondary N) is 1. The summed E-state index contributed by atoms with van der Waals surface area (Å²) >= 11 is 3.45. The van der Waals surface area contributed by atoms with Gasteiger partial charge in [0.1, 0.15) is 11.9 Å². The maximum absolute atomic E-state index is 6.15. The van der Waals surface area contributed by atoms with Crippen molar-refractivity contribution in [3.05, 3.63) is 34.6 Å². The quantitative estimate of drug-likeness (QED) is 0.865. The number of halogens is 1. The van der Waals surface area contributed by atoms with Crippen LogP contribution in [0.4, 0.5) is 0 Å². The molecule has 2 rings (SSSR count). The van der Waals surface area contributed by atoms with Crippen molar-refractivity contribution in [1.29, 1.82) is 0 Å². The normalized spacial score (nSPS) is 12.9. The highest BCUT2D eigenvalue weighted by atomic mass is 79.9. The maximum Gasteiger partial charge on any atom is 0.129 e. The lowest BCUT2D eigenvalue weighted by molar-refractivity contribution is 0.182. The first-order chi connectivity index (χ1) is 8.24. The third kappa shape index (κ3) is 2.56. The number of hydrogen-bond donors (Lipinski definition) is 2. The minimum atomic E-state index is -0.335. The molecular weight excluding hydrogens is 286 g/mol. The Morgan fingerprint density at radius 1 is 1.65 bits per heavy atom. The van der Waals surface area contributed by atoms with Crippen LogP contribution in [0, 0.1) is 0 Å². The Labute approximate surface area is 107 Å². The number of aromatic nitrogens is 4. The molecule has 0 saturated carbocycles. The molecule has 0 aliphatic carbocycles. The highest BCUT2D eigenvalue weighted by Crippen LogP contribution is 2.24. The molecule has 0 radical (unpaired) electrons. The molecule has 6 nitrogen and oxygen atoms in total. The van der Waals surface area contributed by atoms with Crippen LogP contribution >= 0.6 is 15.9 Å². The SMILES string of the molecule is COCCn1ncc(Br)c1C(N)c1ncc[nH]1. The number of imidazole rings is 1. The molecular formula is C10H14BrN5O. The molecule has 0 spiro atoms. The van der Waals surface area contributed by atoms with Crippen molar-refractivity contribution in [3.63, 3.8) is 0 Å². The largest absolute Gasteiger partial charge is 0.383 e. The van der Waals surface area contributed by atoms with Gasteiger partial charge in [-0.3, -0.25) is 4.68 Å². The third-order valence-electron chi connectivity index (χ3n) is 2.45. The molecule has 0 fully saturated rings. The van der Waals surface area contributed by atoms with Crippen molar-refractivity contribution in [3.8, 4) is 0 Å². The van der Waals surface area contributed by atoms with Gasteiger partial charge in [-0.25, -0.2) is 4.98 Å². The molecule has 92 valence electrons. The molecule has 17 heavy (non-hydrogen) atoms. The van der Waals surface area contributed by atoms with Gasteiger partial charge < -0.3 is 15.5 Å². The highest BCUT2D eigenvalue weighted by Gasteiger charge is 2.19. The van der Waals surface area contributed by atoms with Crippen LogP contribution in [0.1, 0.15) is 17.6 Å². The zero-order chi connectivity index (χ0) is 12.3. The van der Waals surface area contributed by atoms with E-state index in [4.69, 9.17) is 10.5 Å². The molecule has 0 aromatic carbocycles. The summed E-state index contributed by atoms with van der Waals surface area (Å²) in [5, 5.41) is 4.25. The summed E-state index contributed by atoms with van der Waals surface area (Å²) in [6.45, 7) is 1.25. The Bertz CT molecular complexity index is 467. The second-order valence-electron chi connectivity index (χ2n) is 3.55. The first-order valence-electron chi connectivity index (χ1n) is 5.19. The van der Waals surface area contributed by atoms with Gasteiger partial charge in [0.05, 0.1) is 29.5 Å². The minimum absolute atomic E-state index is 0.335. The molecule has 2 aromatic rings. The monoisotopic (exact) mass is 299 g/mol. The van der Waals surface area contributed by atoms with Gasteiger partial charge in [0.25, 0.3) is 0 Å². The number of nitrogens with zero attached hydrogens (tertiary/aromatic N) is 3. The van der Waals surface area contributed by atoms with Crippen LogP contribution in [-0.4, -0.2) is 33.5 Å². The number of hydrogen-bond acceptors (Lipinski definition) is 4. The summed E-state index contributed by atoms with van der Waals surface area (Å²) in [4.78, 5) is 7.17. The van der Waals surface area contributed by atoms with Gasteiger partial charge in [0, 0.05) is 19.5 Å². The van der Waals surface area contributed by atoms with Crippen molar-refractivity contribution >= 4 is 15.9 Å². The first-order valence-corrected chi connectivity index (χ1v) is 5.98. The maximum atomic E-state index is 6.15. The number of methoxy groups -OCH3 is 1. The summed E-state index contributed by atoms with van der Waals surface area (Å²) in [6, 6.07) is -0.335. The van der Waals surface area contributed by atoms with E-state index in [1.54, 1.807) is 25.7 Å². The zero-order valence-corrected chi connectivity index (χ0v) is 11.0. The van der Waals surface area contributed by atoms with E-state index in [1.165, 1.54) is 0 Å². The molecule has 0 saturated heterocycles. The van der Waals surface area contributed by atoms with Gasteiger partial charge in [-0.2, -0.15) is 5.10 Å². The summed E-state index contributed by atoms with van der Waals surface area (Å²) in [5.41, 5.74) is 7.04. The average molecular weight is 300 g/mol. The molecule has 1 unspecified atom stereocenters. The molecule has 0 aliphatic heterocycles. The van der Waals surface area contributed by atoms with Gasteiger partial charge >= 0.3 is 0 Å². The summed E-state index contributed by atoms with van der Waals surface area (Å²) in [7, 11) is 1.66. The van der Waals surface area contributed by atoms with Crippen molar-refractivity contribution in [2.45, 2.75) is 12.6 Å². The number of ether oxygens (including phenoxy) is 1. The minimum Gasteiger partial charge on any atom is -0.383 e. The van der Waals surface area contributed by atoms with Crippen molar-refractivity contribution in [1.82, 2.24) is 19.7 Å². The fraction of sp³-hybridized carbons (Fsp3) is 0.400. The van der Waals surface area contributed by atoms with Crippen LogP contribution in [0.3, 0.4) is 0 Å². The Hall–Kier alpha value is -1.18. The Morgan fingerprint density at radius 2 is 2.47 bits per heavy atom. The van der Waals surface area contributed by atoms with Crippen LogP contribution in [0.2, 0.25) is 0 Å². The number of nitrogens with two attached hydrogens (primary N) is 1. The van der Waals surface area contributed by atoms with Crippen LogP contribution < -0.4 is 5.73 Å². The van der Waals surface area contributed by atoms with Gasteiger partial charge in [-0.05, 0) is 15.9 Å². The summed E-state index contributed by atoms with van der Waals surface area (Å²) in [6.07, 6.45) is 5.16. The van der Waals surface area contributed by atoms with Gasteiger partial charge in [0.2, 0.25) is 0 Å². The molecule has 2 aromatic heterocycles. The predicted molar refractivity (Wildman–Crippen MR) is 66.4 cm³/mol. The Morgan fingerprint density at radius 3 is 3.12 bits per heavy atom. The summed E-state index contributed by atoms with van der Waals surface area (Å²) < 4.78 is 7.73. The zero-order valence-electron chi connectivity index (χ0n) is 9.43. The third-order valence-corrected chi connectivity index (χ3v) is 3.06. The van der Waals surface area contributed by atoms with Gasteiger partial charge in [-0.1, -0.05) is 0 Å². The van der Waals surface area contributed by atoms with Gasteiger partial charge in [0.15, 0.2) is 0 Å². The van der Waals surface area contributed by atoms with E-state index in [2.05, 4.69) is 31.0 Å². The topological polar surface area (TPSA) is 81.8 Å². The molecule has 7 heteroatoms. The van der Waals surface area contributed by atoms with E-state index in [0.717, 1.165) is 10.2 Å². The molecule has 0 bridgehead atoms. The van der Waals surface area contributed by atoms with E-state index in [9.17, 15) is 0 Å². The van der Waals surface area contributed by atoms with Crippen molar-refractivity contribution in [2.75, 3.05) is 13.7 Å². The standard InChI is InChI=1S/C10H14BrN5O/c1-17-5-4-16-9(7(11)6-15-16)8(12)10-13-2-3-14-10/h2-3,6,8H,4-5,12H2,1H3,(H,13,14). The smallest absolute Gasteiger partial charge is 0.129 e. The Kier molecular flexibility index (Phi) is 3.93. The fourth-order valence-electron chi connectivity index (χ4n) is 1.61. The van der Waals surface area contributed by atoms with Crippen LogP contribution in [0.5, 0.6) is 0 Å². The number of rotatable bonds is 5. The lowest BCUT2D eigenvalue weighted by Gasteiger charge is -2.13. The van der Waals surface area contributed by atoms with E-state index in [1.807, 2.05) is 4.68 Å². The van der Waals surface area contributed by atoms with E-state index in [0.29, 0.717) is 19.0 Å². The average Bonchev–Trinajstić information content (AvgIpc) is 2.95. The second kappa shape index (κ2) is 5.44. The molecule has 0 amide bonds. The van der Waals surface area contributed by atoms with Crippen molar-refractivity contribution in [2.24, 2.45) is 5.73 Å². The lowest BCUT2D eigenvalue weighted by Crippen LogP contribution is -2.20. The highest BCUT2D eigenvalue weighted by molar-refractivity contribution is 9.10. The predicted octanol–water partition coefficient (Wildman–Crippen LogP) is 1.06. The number of H-pyrrole nitrogens is 1. The van der Waals surface area contributed by atoms with Gasteiger partial charge in [-0.15, -0.1) is 0 Å². The second-order valence-corrected chi connectivity index (χ2v) is 4.40. The molecule has 0 aliphatic rings. The van der Waals surface area contributed by atoms with Crippen LogP contribution in [0.15, 0.2) is 23.1 Å². The van der Waals surface area contributed by atoms with Crippen LogP contribution in [-0.2, 0) is 11.3 Å². The fourth-order valence-corrected chi connectivity index (χ4v) is 2.16. The molecule has 3 N–H and O–H groups in total. The number of aromatic amines is 1. The summed E-state index contributed by atoms with van der Waals surface area (Å²) in [5.74, 6) is 0.713.